The summed E-state index contributed by atoms with van der Waals surface area (Å²) in [6, 6.07) is 12.6. The fourth-order valence-corrected chi connectivity index (χ4v) is 2.39. The standard InChI is InChI=1S/C24H26O/c1-18-11-13-22(15-20(18)3)9-7-5-6-8-10-24(25)17-23-14-12-19(2)21(4)16-23/h5-17,25H,1-4H3. The van der Waals surface area contributed by atoms with Gasteiger partial charge in [0.1, 0.15) is 5.76 Å². The summed E-state index contributed by atoms with van der Waals surface area (Å²) in [5, 5.41) is 9.98. The summed E-state index contributed by atoms with van der Waals surface area (Å²) in [6.45, 7) is 8.39. The zero-order valence-corrected chi connectivity index (χ0v) is 15.5. The molecule has 0 atom stereocenters. The number of benzene rings is 2. The van der Waals surface area contributed by atoms with Crippen LogP contribution in [-0.4, -0.2) is 5.11 Å². The molecule has 0 aromatic heterocycles. The first-order valence-corrected chi connectivity index (χ1v) is 8.52. The van der Waals surface area contributed by atoms with Gasteiger partial charge in [-0.2, -0.15) is 0 Å². The Bertz CT molecular complexity index is 848. The van der Waals surface area contributed by atoms with E-state index in [0.717, 1.165) is 5.56 Å². The summed E-state index contributed by atoms with van der Waals surface area (Å²) >= 11 is 0. The van der Waals surface area contributed by atoms with Crippen LogP contribution in [0.4, 0.5) is 0 Å². The van der Waals surface area contributed by atoms with E-state index in [0.29, 0.717) is 0 Å². The van der Waals surface area contributed by atoms with Crippen LogP contribution in [0.3, 0.4) is 0 Å². The first kappa shape index (κ1) is 18.5. The van der Waals surface area contributed by atoms with Gasteiger partial charge in [0.15, 0.2) is 0 Å². The van der Waals surface area contributed by atoms with Gasteiger partial charge in [-0.05, 0) is 73.2 Å². The predicted molar refractivity (Wildman–Crippen MR) is 110 cm³/mol. The molecule has 0 unspecified atom stereocenters. The maximum atomic E-state index is 9.98. The van der Waals surface area contributed by atoms with E-state index in [9.17, 15) is 5.11 Å². The van der Waals surface area contributed by atoms with Crippen molar-refractivity contribution in [1.29, 1.82) is 0 Å². The van der Waals surface area contributed by atoms with Gasteiger partial charge in [0.25, 0.3) is 0 Å². The zero-order valence-electron chi connectivity index (χ0n) is 15.5. The maximum Gasteiger partial charge on any atom is 0.116 e. The summed E-state index contributed by atoms with van der Waals surface area (Å²) in [5.41, 5.74) is 7.28. The van der Waals surface area contributed by atoms with Gasteiger partial charge in [0.05, 0.1) is 0 Å². The molecule has 0 amide bonds. The Kier molecular flexibility index (Phi) is 6.59. The van der Waals surface area contributed by atoms with E-state index >= 15 is 0 Å². The molecule has 0 aliphatic carbocycles. The molecule has 1 nitrogen and oxygen atoms in total. The lowest BCUT2D eigenvalue weighted by atomic mass is 10.1. The summed E-state index contributed by atoms with van der Waals surface area (Å²) in [7, 11) is 0. The molecule has 2 rings (SSSR count). The average molecular weight is 330 g/mol. The van der Waals surface area contributed by atoms with Crippen molar-refractivity contribution in [1.82, 2.24) is 0 Å². The highest BCUT2D eigenvalue weighted by Crippen LogP contribution is 2.13. The number of aliphatic hydroxyl groups excluding tert-OH is 1. The molecular formula is C24H26O. The first-order chi connectivity index (χ1) is 12.0. The molecular weight excluding hydrogens is 304 g/mol. The summed E-state index contributed by atoms with van der Waals surface area (Å²) in [6.07, 6.45) is 13.2. The molecule has 2 aromatic rings. The minimum atomic E-state index is 0.242. The lowest BCUT2D eigenvalue weighted by Crippen LogP contribution is -1.83. The molecule has 0 heterocycles. The molecule has 128 valence electrons. The van der Waals surface area contributed by atoms with Gasteiger partial charge in [0, 0.05) is 0 Å². The second-order valence-electron chi connectivity index (χ2n) is 6.36. The van der Waals surface area contributed by atoms with Gasteiger partial charge < -0.3 is 5.11 Å². The number of hydrogen-bond acceptors (Lipinski definition) is 1. The Morgan fingerprint density at radius 2 is 1.24 bits per heavy atom. The van der Waals surface area contributed by atoms with Crippen molar-refractivity contribution < 1.29 is 5.11 Å². The van der Waals surface area contributed by atoms with Crippen LogP contribution in [0.25, 0.3) is 12.2 Å². The number of rotatable bonds is 5. The third kappa shape index (κ3) is 5.96. The largest absolute Gasteiger partial charge is 0.508 e. The SMILES string of the molecule is Cc1ccc(C=CC=CC=CC(O)=Cc2ccc(C)c(C)c2)cc1C. The number of hydrogen-bond donors (Lipinski definition) is 1. The van der Waals surface area contributed by atoms with Crippen LogP contribution in [0.2, 0.25) is 0 Å². The second-order valence-corrected chi connectivity index (χ2v) is 6.36. The van der Waals surface area contributed by atoms with E-state index in [1.807, 2.05) is 30.4 Å². The van der Waals surface area contributed by atoms with Gasteiger partial charge in [-0.25, -0.2) is 0 Å². The van der Waals surface area contributed by atoms with Crippen LogP contribution < -0.4 is 0 Å². The molecule has 1 N–H and O–H groups in total. The van der Waals surface area contributed by atoms with Crippen LogP contribution in [0.15, 0.2) is 72.5 Å². The molecule has 0 saturated carbocycles. The zero-order chi connectivity index (χ0) is 18.2. The van der Waals surface area contributed by atoms with E-state index in [1.54, 1.807) is 12.2 Å². The Morgan fingerprint density at radius 3 is 1.88 bits per heavy atom. The highest BCUT2D eigenvalue weighted by molar-refractivity contribution is 5.56. The number of allylic oxidation sites excluding steroid dienone is 5. The molecule has 0 spiro atoms. The Hall–Kier alpha value is -2.80. The van der Waals surface area contributed by atoms with Crippen molar-refractivity contribution in [3.8, 4) is 0 Å². The third-order valence-electron chi connectivity index (χ3n) is 4.27. The monoisotopic (exact) mass is 330 g/mol. The van der Waals surface area contributed by atoms with Gasteiger partial charge >= 0.3 is 0 Å². The smallest absolute Gasteiger partial charge is 0.116 e. The van der Waals surface area contributed by atoms with Crippen molar-refractivity contribution in [2.45, 2.75) is 27.7 Å². The predicted octanol–water partition coefficient (Wildman–Crippen LogP) is 6.64. The van der Waals surface area contributed by atoms with Gasteiger partial charge in [0.2, 0.25) is 0 Å². The minimum absolute atomic E-state index is 0.242. The van der Waals surface area contributed by atoms with Gasteiger partial charge in [-0.3, -0.25) is 0 Å². The lowest BCUT2D eigenvalue weighted by Gasteiger charge is -2.01. The topological polar surface area (TPSA) is 20.2 Å². The lowest BCUT2D eigenvalue weighted by molar-refractivity contribution is 0.437. The molecule has 1 heteroatoms. The van der Waals surface area contributed by atoms with Gasteiger partial charge in [-0.15, -0.1) is 0 Å². The number of aryl methyl sites for hydroxylation is 4. The summed E-state index contributed by atoms with van der Waals surface area (Å²) < 4.78 is 0. The van der Waals surface area contributed by atoms with Crippen molar-refractivity contribution in [3.05, 3.63) is 106 Å². The quantitative estimate of drug-likeness (QED) is 0.481. The average Bonchev–Trinajstić information content (AvgIpc) is 2.57. The highest BCUT2D eigenvalue weighted by atomic mass is 16.3. The van der Waals surface area contributed by atoms with E-state index in [-0.39, 0.29) is 5.76 Å². The van der Waals surface area contributed by atoms with Gasteiger partial charge in [-0.1, -0.05) is 66.8 Å². The van der Waals surface area contributed by atoms with E-state index in [2.05, 4.69) is 64.1 Å². The number of aliphatic hydroxyl groups is 1. The molecule has 0 fully saturated rings. The fourth-order valence-electron chi connectivity index (χ4n) is 2.39. The molecule has 0 bridgehead atoms. The van der Waals surface area contributed by atoms with E-state index < -0.39 is 0 Å². The third-order valence-corrected chi connectivity index (χ3v) is 4.27. The van der Waals surface area contributed by atoms with E-state index in [1.165, 1.54) is 27.8 Å². The minimum Gasteiger partial charge on any atom is -0.508 e. The first-order valence-electron chi connectivity index (χ1n) is 8.52. The van der Waals surface area contributed by atoms with Crippen molar-refractivity contribution in [2.24, 2.45) is 0 Å². The molecule has 0 aliphatic heterocycles. The van der Waals surface area contributed by atoms with Crippen molar-refractivity contribution in [3.63, 3.8) is 0 Å². The fraction of sp³-hybridized carbons (Fsp3) is 0.167. The molecule has 25 heavy (non-hydrogen) atoms. The maximum absolute atomic E-state index is 9.98. The summed E-state index contributed by atoms with van der Waals surface area (Å²) in [4.78, 5) is 0. The molecule has 0 aliphatic rings. The van der Waals surface area contributed by atoms with Crippen LogP contribution >= 0.6 is 0 Å². The highest BCUT2D eigenvalue weighted by Gasteiger charge is 1.95. The summed E-state index contributed by atoms with van der Waals surface area (Å²) in [5.74, 6) is 0.242. The van der Waals surface area contributed by atoms with Crippen molar-refractivity contribution in [2.75, 3.05) is 0 Å². The van der Waals surface area contributed by atoms with Crippen molar-refractivity contribution >= 4 is 12.2 Å². The molecule has 0 saturated heterocycles. The van der Waals surface area contributed by atoms with Crippen LogP contribution in [0.1, 0.15) is 33.4 Å². The van der Waals surface area contributed by atoms with Crippen LogP contribution in [0, 0.1) is 27.7 Å². The Balaban J connectivity index is 1.93. The normalized spacial score (nSPS) is 12.7. The Morgan fingerprint density at radius 1 is 0.680 bits per heavy atom. The van der Waals surface area contributed by atoms with Crippen LogP contribution in [-0.2, 0) is 0 Å². The molecule has 0 radical (unpaired) electrons. The van der Waals surface area contributed by atoms with E-state index in [4.69, 9.17) is 0 Å². The van der Waals surface area contributed by atoms with Crippen LogP contribution in [0.5, 0.6) is 0 Å². The second kappa shape index (κ2) is 8.89. The Labute approximate surface area is 151 Å². The molecule has 2 aromatic carbocycles.